The first kappa shape index (κ1) is 11.8. The average molecular weight is 341 g/mol. The minimum absolute atomic E-state index is 0.170. The monoisotopic (exact) mass is 341 g/mol. The van der Waals surface area contributed by atoms with Gasteiger partial charge in [-0.1, -0.05) is 18.2 Å². The minimum atomic E-state index is -0.610. The lowest BCUT2D eigenvalue weighted by Gasteiger charge is -1.94. The molecule has 1 aromatic carbocycles. The largest absolute Gasteiger partial charge is 0.342 e. The smallest absolute Gasteiger partial charge is 0.271 e. The molecule has 0 aliphatic heterocycles. The van der Waals surface area contributed by atoms with Crippen molar-refractivity contribution in [2.75, 3.05) is 0 Å². The molecule has 0 aliphatic rings. The van der Waals surface area contributed by atoms with Crippen LogP contribution in [-0.4, -0.2) is 15.2 Å². The third kappa shape index (κ3) is 3.13. The Kier molecular flexibility index (Phi) is 3.52. The van der Waals surface area contributed by atoms with Crippen molar-refractivity contribution in [1.82, 2.24) is 15.2 Å². The summed E-state index contributed by atoms with van der Waals surface area (Å²) >= 11 is 2.21. The quantitative estimate of drug-likeness (QED) is 0.807. The Bertz CT molecular complexity index is 673. The van der Waals surface area contributed by atoms with Crippen molar-refractivity contribution in [2.45, 2.75) is 0 Å². The third-order valence-electron chi connectivity index (χ3n) is 2.02. The van der Waals surface area contributed by atoms with Crippen molar-refractivity contribution in [3.05, 3.63) is 59.9 Å². The molecular formula is C11H8IN3O2. The van der Waals surface area contributed by atoms with Crippen LogP contribution >= 0.6 is 22.6 Å². The van der Waals surface area contributed by atoms with E-state index in [-0.39, 0.29) is 5.69 Å². The lowest BCUT2D eigenvalue weighted by Crippen LogP contribution is -2.25. The molecule has 0 bridgehead atoms. The standard InChI is InChI=1S/C11H8IN3O2/c12-8-3-1-2-7(6-8)4-5-9-10(16)13-11(17)15-14-9/h1-6H,(H2,13,15,16,17)/b5-4+. The Morgan fingerprint density at radius 1 is 1.24 bits per heavy atom. The van der Waals surface area contributed by atoms with Crippen LogP contribution < -0.4 is 11.2 Å². The summed E-state index contributed by atoms with van der Waals surface area (Å²) in [6.45, 7) is 0. The Balaban J connectivity index is 2.32. The van der Waals surface area contributed by atoms with Crippen molar-refractivity contribution < 1.29 is 0 Å². The number of rotatable bonds is 2. The van der Waals surface area contributed by atoms with Crippen molar-refractivity contribution in [3.8, 4) is 0 Å². The molecule has 17 heavy (non-hydrogen) atoms. The molecule has 1 heterocycles. The number of aromatic nitrogens is 3. The number of hydrogen-bond acceptors (Lipinski definition) is 3. The van der Waals surface area contributed by atoms with Gasteiger partial charge in [0.2, 0.25) is 0 Å². The van der Waals surface area contributed by atoms with Gasteiger partial charge in [-0.15, -0.1) is 0 Å². The Hall–Kier alpha value is -1.70. The van der Waals surface area contributed by atoms with Crippen molar-refractivity contribution in [1.29, 1.82) is 0 Å². The van der Waals surface area contributed by atoms with E-state index in [1.165, 1.54) is 0 Å². The van der Waals surface area contributed by atoms with Crippen LogP contribution in [0.1, 0.15) is 11.3 Å². The number of H-pyrrole nitrogens is 2. The molecule has 0 saturated carbocycles. The average Bonchev–Trinajstić information content (AvgIpc) is 2.28. The van der Waals surface area contributed by atoms with Gasteiger partial charge in [-0.25, -0.2) is 9.89 Å². The number of halogens is 1. The van der Waals surface area contributed by atoms with E-state index in [2.05, 4.69) is 37.8 Å². The molecule has 1 aromatic heterocycles. The summed E-state index contributed by atoms with van der Waals surface area (Å²) in [5.41, 5.74) is 0.0183. The van der Waals surface area contributed by atoms with Crippen LogP contribution in [0.4, 0.5) is 0 Å². The van der Waals surface area contributed by atoms with Crippen LogP contribution in [0.2, 0.25) is 0 Å². The molecule has 2 rings (SSSR count). The summed E-state index contributed by atoms with van der Waals surface area (Å²) < 4.78 is 1.10. The first-order valence-corrected chi connectivity index (χ1v) is 5.86. The highest BCUT2D eigenvalue weighted by atomic mass is 127. The predicted molar refractivity (Wildman–Crippen MR) is 73.6 cm³/mol. The summed E-state index contributed by atoms with van der Waals surface area (Å²) in [6, 6.07) is 7.78. The molecule has 0 saturated heterocycles. The van der Waals surface area contributed by atoms with E-state index in [1.54, 1.807) is 12.2 Å². The van der Waals surface area contributed by atoms with E-state index in [1.807, 2.05) is 24.3 Å². The molecule has 0 radical (unpaired) electrons. The zero-order valence-electron chi connectivity index (χ0n) is 8.61. The van der Waals surface area contributed by atoms with Crippen LogP contribution in [0, 0.1) is 3.57 Å². The highest BCUT2D eigenvalue weighted by molar-refractivity contribution is 14.1. The minimum Gasteiger partial charge on any atom is -0.271 e. The van der Waals surface area contributed by atoms with E-state index in [4.69, 9.17) is 0 Å². The zero-order chi connectivity index (χ0) is 12.3. The number of benzene rings is 1. The van der Waals surface area contributed by atoms with Gasteiger partial charge in [0.1, 0.15) is 5.69 Å². The maximum absolute atomic E-state index is 11.3. The molecule has 0 amide bonds. The maximum Gasteiger partial charge on any atom is 0.342 e. The SMILES string of the molecule is O=c1[nH]nc(/C=C/c2cccc(I)c2)c(=O)[nH]1. The topological polar surface area (TPSA) is 78.6 Å². The van der Waals surface area contributed by atoms with E-state index in [0.29, 0.717) is 0 Å². The van der Waals surface area contributed by atoms with Gasteiger partial charge in [0, 0.05) is 3.57 Å². The number of hydrogen-bond donors (Lipinski definition) is 2. The van der Waals surface area contributed by atoms with Gasteiger partial charge in [0.15, 0.2) is 0 Å². The molecule has 2 aromatic rings. The normalized spacial score (nSPS) is 10.9. The molecule has 0 unspecified atom stereocenters. The molecule has 5 nitrogen and oxygen atoms in total. The zero-order valence-corrected chi connectivity index (χ0v) is 10.8. The molecular weight excluding hydrogens is 333 g/mol. The molecule has 0 fully saturated rings. The summed E-state index contributed by atoms with van der Waals surface area (Å²) in [5.74, 6) is 0. The van der Waals surface area contributed by atoms with Gasteiger partial charge in [0.05, 0.1) is 0 Å². The Morgan fingerprint density at radius 3 is 2.76 bits per heavy atom. The Morgan fingerprint density at radius 2 is 2.06 bits per heavy atom. The van der Waals surface area contributed by atoms with Crippen LogP contribution in [0.5, 0.6) is 0 Å². The lowest BCUT2D eigenvalue weighted by atomic mass is 10.2. The van der Waals surface area contributed by atoms with Crippen molar-refractivity contribution in [2.24, 2.45) is 0 Å². The number of nitrogens with zero attached hydrogens (tertiary/aromatic N) is 1. The van der Waals surface area contributed by atoms with Crippen LogP contribution in [-0.2, 0) is 0 Å². The fraction of sp³-hybridized carbons (Fsp3) is 0. The lowest BCUT2D eigenvalue weighted by molar-refractivity contribution is 0.880. The van der Waals surface area contributed by atoms with Gasteiger partial charge < -0.3 is 0 Å². The second-order valence-electron chi connectivity index (χ2n) is 3.28. The van der Waals surface area contributed by atoms with E-state index < -0.39 is 11.2 Å². The van der Waals surface area contributed by atoms with Gasteiger partial charge in [-0.2, -0.15) is 5.10 Å². The van der Waals surface area contributed by atoms with E-state index >= 15 is 0 Å². The highest BCUT2D eigenvalue weighted by Gasteiger charge is 1.97. The molecule has 2 N–H and O–H groups in total. The van der Waals surface area contributed by atoms with Crippen LogP contribution in [0.25, 0.3) is 12.2 Å². The second kappa shape index (κ2) is 5.09. The third-order valence-corrected chi connectivity index (χ3v) is 2.69. The highest BCUT2D eigenvalue weighted by Crippen LogP contribution is 2.09. The van der Waals surface area contributed by atoms with Gasteiger partial charge in [-0.05, 0) is 46.4 Å². The summed E-state index contributed by atoms with van der Waals surface area (Å²) in [7, 11) is 0. The molecule has 86 valence electrons. The summed E-state index contributed by atoms with van der Waals surface area (Å²) in [4.78, 5) is 24.2. The fourth-order valence-electron chi connectivity index (χ4n) is 1.26. The second-order valence-corrected chi connectivity index (χ2v) is 4.53. The molecule has 6 heteroatoms. The predicted octanol–water partition coefficient (Wildman–Crippen LogP) is 1.23. The van der Waals surface area contributed by atoms with Crippen molar-refractivity contribution in [3.63, 3.8) is 0 Å². The number of nitrogens with one attached hydrogen (secondary N) is 2. The van der Waals surface area contributed by atoms with E-state index in [9.17, 15) is 9.59 Å². The maximum atomic E-state index is 11.3. The summed E-state index contributed by atoms with van der Waals surface area (Å²) in [5, 5.41) is 5.82. The fourth-order valence-corrected chi connectivity index (χ4v) is 1.82. The van der Waals surface area contributed by atoms with Gasteiger partial charge in [0.25, 0.3) is 5.56 Å². The van der Waals surface area contributed by atoms with Crippen LogP contribution in [0.3, 0.4) is 0 Å². The van der Waals surface area contributed by atoms with Crippen LogP contribution in [0.15, 0.2) is 33.9 Å². The first-order chi connectivity index (χ1) is 8.15. The van der Waals surface area contributed by atoms with Gasteiger partial charge >= 0.3 is 5.69 Å². The first-order valence-electron chi connectivity index (χ1n) is 4.78. The Labute approximate surface area is 110 Å². The molecule has 0 aliphatic carbocycles. The number of aromatic amines is 2. The van der Waals surface area contributed by atoms with Crippen molar-refractivity contribution >= 4 is 34.7 Å². The summed E-state index contributed by atoms with van der Waals surface area (Å²) in [6.07, 6.45) is 3.32. The van der Waals surface area contributed by atoms with E-state index in [0.717, 1.165) is 9.13 Å². The molecule has 0 atom stereocenters. The van der Waals surface area contributed by atoms with Gasteiger partial charge in [-0.3, -0.25) is 9.78 Å². The molecule has 0 spiro atoms.